The molecule has 0 saturated carbocycles. The van der Waals surface area contributed by atoms with E-state index >= 15 is 0 Å². The Bertz CT molecular complexity index is 576. The van der Waals surface area contributed by atoms with Crippen molar-refractivity contribution in [3.63, 3.8) is 0 Å². The molecule has 1 aliphatic rings. The van der Waals surface area contributed by atoms with Gasteiger partial charge in [0.05, 0.1) is 4.92 Å². The van der Waals surface area contributed by atoms with Crippen LogP contribution in [-0.2, 0) is 11.2 Å². The van der Waals surface area contributed by atoms with Crippen LogP contribution in [0.25, 0.3) is 0 Å². The van der Waals surface area contributed by atoms with E-state index < -0.39 is 0 Å². The predicted molar refractivity (Wildman–Crippen MR) is 96.8 cm³/mol. The zero-order chi connectivity index (χ0) is 18.2. The van der Waals surface area contributed by atoms with Gasteiger partial charge >= 0.3 is 0 Å². The first-order valence-electron chi connectivity index (χ1n) is 9.07. The number of carbonyl (C=O) groups is 1. The lowest BCUT2D eigenvalue weighted by Gasteiger charge is -2.35. The van der Waals surface area contributed by atoms with E-state index in [9.17, 15) is 14.9 Å². The summed E-state index contributed by atoms with van der Waals surface area (Å²) in [4.78, 5) is 22.1. The summed E-state index contributed by atoms with van der Waals surface area (Å²) in [5.74, 6) is -0.256. The summed E-state index contributed by atoms with van der Waals surface area (Å²) in [6.45, 7) is 4.72. The molecule has 1 atom stereocenters. The standard InChI is InChI=1S/C18H28N4O3/c1-2-3-4-12-20(21-13-5-6-17(21)18(19)23)14-11-15-7-9-16(10-8-15)22(24)25/h7-10,17H,2-6,11-14H2,1H3,(H2,19,23). The van der Waals surface area contributed by atoms with E-state index in [1.807, 2.05) is 0 Å². The Morgan fingerprint density at radius 1 is 1.32 bits per heavy atom. The molecule has 1 aromatic rings. The topological polar surface area (TPSA) is 92.7 Å². The molecule has 2 N–H and O–H groups in total. The number of unbranched alkanes of at least 4 members (excludes halogenated alkanes) is 2. The zero-order valence-electron chi connectivity index (χ0n) is 14.9. The average molecular weight is 348 g/mol. The number of nitrogens with two attached hydrogens (primary N) is 1. The highest BCUT2D eigenvalue weighted by atomic mass is 16.6. The number of rotatable bonds is 10. The SMILES string of the molecule is CCCCCN(CCc1ccc([N+](=O)[O-])cc1)N1CCCC1C(N)=O. The van der Waals surface area contributed by atoms with Gasteiger partial charge in [0.1, 0.15) is 6.04 Å². The maximum absolute atomic E-state index is 11.7. The second-order valence-electron chi connectivity index (χ2n) is 6.56. The van der Waals surface area contributed by atoms with Crippen molar-refractivity contribution in [2.45, 2.75) is 51.5 Å². The summed E-state index contributed by atoms with van der Waals surface area (Å²) in [6, 6.07) is 6.48. The van der Waals surface area contributed by atoms with E-state index in [2.05, 4.69) is 16.9 Å². The van der Waals surface area contributed by atoms with Gasteiger partial charge in [-0.15, -0.1) is 0 Å². The summed E-state index contributed by atoms with van der Waals surface area (Å²) in [7, 11) is 0. The van der Waals surface area contributed by atoms with Crippen molar-refractivity contribution in [2.24, 2.45) is 5.73 Å². The Balaban J connectivity index is 2.00. The predicted octanol–water partition coefficient (Wildman–Crippen LogP) is 2.49. The molecule has 1 aromatic carbocycles. The lowest BCUT2D eigenvalue weighted by atomic mass is 10.1. The highest BCUT2D eigenvalue weighted by molar-refractivity contribution is 5.80. The van der Waals surface area contributed by atoms with Crippen LogP contribution in [0.2, 0.25) is 0 Å². The minimum atomic E-state index is -0.386. The summed E-state index contributed by atoms with van der Waals surface area (Å²) in [6.07, 6.45) is 5.97. The van der Waals surface area contributed by atoms with Crippen LogP contribution in [-0.4, -0.2) is 46.5 Å². The molecule has 1 fully saturated rings. The Morgan fingerprint density at radius 3 is 2.64 bits per heavy atom. The second kappa shape index (κ2) is 9.48. The largest absolute Gasteiger partial charge is 0.368 e. The first-order valence-corrected chi connectivity index (χ1v) is 9.07. The monoisotopic (exact) mass is 348 g/mol. The lowest BCUT2D eigenvalue weighted by Crippen LogP contribution is -2.51. The smallest absolute Gasteiger partial charge is 0.269 e. The number of nitrogens with zero attached hydrogens (tertiary/aromatic N) is 3. The molecule has 138 valence electrons. The van der Waals surface area contributed by atoms with Crippen LogP contribution in [0.5, 0.6) is 0 Å². The number of benzene rings is 1. The van der Waals surface area contributed by atoms with Gasteiger partial charge in [0.25, 0.3) is 5.69 Å². The van der Waals surface area contributed by atoms with Gasteiger partial charge in [-0.1, -0.05) is 31.9 Å². The summed E-state index contributed by atoms with van der Waals surface area (Å²) in [5, 5.41) is 15.1. The minimum absolute atomic E-state index is 0.108. The number of hydrogen-bond donors (Lipinski definition) is 1. The normalized spacial score (nSPS) is 17.9. The Hall–Kier alpha value is -1.99. The van der Waals surface area contributed by atoms with Crippen molar-refractivity contribution in [1.29, 1.82) is 0 Å². The molecule has 0 bridgehead atoms. The van der Waals surface area contributed by atoms with E-state index in [0.717, 1.165) is 63.7 Å². The van der Waals surface area contributed by atoms with Crippen LogP contribution in [0.3, 0.4) is 0 Å². The number of hydrogen-bond acceptors (Lipinski definition) is 5. The fraction of sp³-hybridized carbons (Fsp3) is 0.611. The quantitative estimate of drug-likeness (QED) is 0.398. The van der Waals surface area contributed by atoms with E-state index in [-0.39, 0.29) is 22.6 Å². The maximum Gasteiger partial charge on any atom is 0.269 e. The number of nitro benzene ring substituents is 1. The number of nitro groups is 1. The first-order chi connectivity index (χ1) is 12.0. The van der Waals surface area contributed by atoms with Crippen LogP contribution in [0.15, 0.2) is 24.3 Å². The van der Waals surface area contributed by atoms with Crippen molar-refractivity contribution in [3.05, 3.63) is 39.9 Å². The van der Waals surface area contributed by atoms with Crippen molar-refractivity contribution < 1.29 is 9.72 Å². The molecular formula is C18H28N4O3. The molecule has 0 spiro atoms. The number of amides is 1. The molecule has 0 aliphatic carbocycles. The van der Waals surface area contributed by atoms with Gasteiger partial charge in [-0.2, -0.15) is 0 Å². The molecular weight excluding hydrogens is 320 g/mol. The molecule has 1 heterocycles. The fourth-order valence-corrected chi connectivity index (χ4v) is 3.33. The number of hydrazine groups is 1. The molecule has 1 saturated heterocycles. The molecule has 1 amide bonds. The van der Waals surface area contributed by atoms with Crippen LogP contribution in [0.4, 0.5) is 5.69 Å². The Kier molecular flexibility index (Phi) is 7.33. The van der Waals surface area contributed by atoms with Crippen molar-refractivity contribution in [2.75, 3.05) is 19.6 Å². The van der Waals surface area contributed by atoms with Crippen LogP contribution >= 0.6 is 0 Å². The second-order valence-corrected chi connectivity index (χ2v) is 6.56. The van der Waals surface area contributed by atoms with Crippen molar-refractivity contribution >= 4 is 11.6 Å². The highest BCUT2D eigenvalue weighted by Crippen LogP contribution is 2.21. The van der Waals surface area contributed by atoms with Gasteiger partial charge < -0.3 is 5.73 Å². The van der Waals surface area contributed by atoms with Gasteiger partial charge in [0, 0.05) is 31.8 Å². The van der Waals surface area contributed by atoms with Gasteiger partial charge in [0.15, 0.2) is 0 Å². The summed E-state index contributed by atoms with van der Waals surface area (Å²) in [5.41, 5.74) is 6.73. The van der Waals surface area contributed by atoms with Crippen molar-refractivity contribution in [1.82, 2.24) is 10.0 Å². The highest BCUT2D eigenvalue weighted by Gasteiger charge is 2.32. The number of non-ortho nitro benzene ring substituents is 1. The van der Waals surface area contributed by atoms with E-state index in [4.69, 9.17) is 5.73 Å². The molecule has 7 nitrogen and oxygen atoms in total. The molecule has 2 rings (SSSR count). The zero-order valence-corrected chi connectivity index (χ0v) is 14.9. The fourth-order valence-electron chi connectivity index (χ4n) is 3.33. The Labute approximate surface area is 148 Å². The first kappa shape index (κ1) is 19.3. The van der Waals surface area contributed by atoms with Crippen molar-refractivity contribution in [3.8, 4) is 0 Å². The van der Waals surface area contributed by atoms with Crippen LogP contribution in [0, 0.1) is 10.1 Å². The molecule has 0 radical (unpaired) electrons. The lowest BCUT2D eigenvalue weighted by molar-refractivity contribution is -0.384. The third-order valence-electron chi connectivity index (χ3n) is 4.74. The molecule has 1 unspecified atom stereocenters. The van der Waals surface area contributed by atoms with Crippen LogP contribution < -0.4 is 5.73 Å². The third kappa shape index (κ3) is 5.51. The molecule has 0 aromatic heterocycles. The van der Waals surface area contributed by atoms with Crippen LogP contribution in [0.1, 0.15) is 44.6 Å². The molecule has 25 heavy (non-hydrogen) atoms. The summed E-state index contributed by atoms with van der Waals surface area (Å²) >= 11 is 0. The maximum atomic E-state index is 11.7. The van der Waals surface area contributed by atoms with Gasteiger partial charge in [-0.25, -0.2) is 10.0 Å². The van der Waals surface area contributed by atoms with E-state index in [1.54, 1.807) is 24.3 Å². The summed E-state index contributed by atoms with van der Waals surface area (Å²) < 4.78 is 0. The van der Waals surface area contributed by atoms with Gasteiger partial charge in [0.2, 0.25) is 5.91 Å². The Morgan fingerprint density at radius 2 is 2.04 bits per heavy atom. The third-order valence-corrected chi connectivity index (χ3v) is 4.74. The van der Waals surface area contributed by atoms with E-state index in [1.165, 1.54) is 0 Å². The van der Waals surface area contributed by atoms with Gasteiger partial charge in [-0.05, 0) is 31.2 Å². The molecule has 7 heteroatoms. The molecule has 1 aliphatic heterocycles. The van der Waals surface area contributed by atoms with Gasteiger partial charge in [-0.3, -0.25) is 14.9 Å². The minimum Gasteiger partial charge on any atom is -0.368 e. The average Bonchev–Trinajstić information content (AvgIpc) is 3.08. The number of primary amides is 1. The number of carbonyl (C=O) groups excluding carboxylic acids is 1. The van der Waals surface area contributed by atoms with E-state index in [0.29, 0.717) is 0 Å².